The van der Waals surface area contributed by atoms with Crippen LogP contribution in [0.15, 0.2) is 16.9 Å². The first-order chi connectivity index (χ1) is 15.3. The van der Waals surface area contributed by atoms with Crippen LogP contribution >= 0.6 is 0 Å². The van der Waals surface area contributed by atoms with Gasteiger partial charge in [0.15, 0.2) is 0 Å². The number of hydrogen-bond acceptors (Lipinski definition) is 4. The Labute approximate surface area is 189 Å². The molecule has 0 unspecified atom stereocenters. The van der Waals surface area contributed by atoms with Gasteiger partial charge in [-0.2, -0.15) is 4.68 Å². The van der Waals surface area contributed by atoms with E-state index in [0.717, 1.165) is 43.2 Å². The molecule has 2 aromatic rings. The lowest BCUT2D eigenvalue weighted by molar-refractivity contribution is 0.0925. The third kappa shape index (κ3) is 5.40. The van der Waals surface area contributed by atoms with Crippen LogP contribution < -0.4 is 15.7 Å². The Morgan fingerprint density at radius 3 is 2.53 bits per heavy atom. The zero-order chi connectivity index (χ0) is 23.3. The Hall–Kier alpha value is -2.64. The van der Waals surface area contributed by atoms with Crippen molar-refractivity contribution in [1.29, 1.82) is 0 Å². The van der Waals surface area contributed by atoms with Crippen LogP contribution in [0.3, 0.4) is 0 Å². The molecular weight excluding hydrogens is 411 g/mol. The van der Waals surface area contributed by atoms with Crippen molar-refractivity contribution in [3.63, 3.8) is 0 Å². The van der Waals surface area contributed by atoms with Gasteiger partial charge in [-0.3, -0.25) is 9.36 Å². The van der Waals surface area contributed by atoms with Crippen molar-refractivity contribution >= 4 is 5.91 Å². The van der Waals surface area contributed by atoms with Crippen LogP contribution in [0.5, 0.6) is 5.75 Å². The Kier molecular flexibility index (Phi) is 8.10. The number of rotatable bonds is 8. The van der Waals surface area contributed by atoms with Crippen LogP contribution in [0, 0.1) is 5.82 Å². The summed E-state index contributed by atoms with van der Waals surface area (Å²) in [5.41, 5.74) is -0.308. The molecule has 1 aliphatic rings. The Morgan fingerprint density at radius 2 is 1.94 bits per heavy atom. The summed E-state index contributed by atoms with van der Waals surface area (Å²) >= 11 is 0. The lowest BCUT2D eigenvalue weighted by Gasteiger charge is -2.20. The minimum atomic E-state index is -0.686. The maximum absolute atomic E-state index is 15.2. The molecular formula is C24H35FN4O3. The lowest BCUT2D eigenvalue weighted by atomic mass is 10.1. The van der Waals surface area contributed by atoms with Crippen molar-refractivity contribution in [1.82, 2.24) is 19.7 Å². The second-order valence-corrected chi connectivity index (χ2v) is 8.70. The van der Waals surface area contributed by atoms with Gasteiger partial charge in [-0.15, -0.1) is 5.10 Å². The zero-order valence-corrected chi connectivity index (χ0v) is 19.6. The summed E-state index contributed by atoms with van der Waals surface area (Å²) in [6.07, 6.45) is 8.46. The Morgan fingerprint density at radius 1 is 1.25 bits per heavy atom. The highest BCUT2D eigenvalue weighted by molar-refractivity contribution is 5.97. The number of nitrogens with one attached hydrogen (secondary N) is 1. The zero-order valence-electron chi connectivity index (χ0n) is 19.6. The van der Waals surface area contributed by atoms with Crippen LogP contribution in [0.25, 0.3) is 5.69 Å². The first-order valence-corrected chi connectivity index (χ1v) is 11.8. The fraction of sp³-hybridized carbons (Fsp3) is 0.625. The van der Waals surface area contributed by atoms with E-state index < -0.39 is 11.5 Å². The molecule has 7 nitrogen and oxygen atoms in total. The van der Waals surface area contributed by atoms with Gasteiger partial charge in [0.05, 0.1) is 11.7 Å². The first-order valence-electron chi connectivity index (χ1n) is 11.8. The topological polar surface area (TPSA) is 78.2 Å². The third-order valence-electron chi connectivity index (χ3n) is 6.12. The average molecular weight is 447 g/mol. The summed E-state index contributed by atoms with van der Waals surface area (Å²) in [6, 6.07) is 2.68. The minimum Gasteiger partial charge on any atom is -0.490 e. The van der Waals surface area contributed by atoms with Gasteiger partial charge in [-0.25, -0.2) is 9.18 Å². The van der Waals surface area contributed by atoms with Gasteiger partial charge in [-0.1, -0.05) is 46.0 Å². The molecule has 1 aliphatic carbocycles. The fourth-order valence-electron chi connectivity index (χ4n) is 4.29. The molecule has 1 saturated carbocycles. The fourth-order valence-corrected chi connectivity index (χ4v) is 4.29. The quantitative estimate of drug-likeness (QED) is 0.614. The van der Waals surface area contributed by atoms with Crippen LogP contribution in [0.2, 0.25) is 0 Å². The molecule has 1 heterocycles. The number of aryl methyl sites for hydroxylation is 1. The Balaban J connectivity index is 1.99. The SMILES string of the molecule is CCC[C@H](C)Oc1cc(-n2nc(CC)n(C)c2=O)c(F)cc1C(=O)NC1CCCCCC1. The minimum absolute atomic E-state index is 0.0185. The van der Waals surface area contributed by atoms with Crippen LogP contribution in [0.1, 0.15) is 88.3 Å². The number of aromatic nitrogens is 3. The third-order valence-corrected chi connectivity index (χ3v) is 6.12. The monoisotopic (exact) mass is 446 g/mol. The van der Waals surface area contributed by atoms with Gasteiger partial charge in [0.25, 0.3) is 5.91 Å². The second kappa shape index (κ2) is 10.8. The highest BCUT2D eigenvalue weighted by Gasteiger charge is 2.24. The summed E-state index contributed by atoms with van der Waals surface area (Å²) in [7, 11) is 1.61. The summed E-state index contributed by atoms with van der Waals surface area (Å²) < 4.78 is 23.7. The molecule has 1 atom stereocenters. The van der Waals surface area contributed by atoms with Crippen LogP contribution in [0.4, 0.5) is 4.39 Å². The van der Waals surface area contributed by atoms with Crippen molar-refractivity contribution in [2.24, 2.45) is 7.05 Å². The summed E-state index contributed by atoms with van der Waals surface area (Å²) in [5.74, 6) is -0.214. The highest BCUT2D eigenvalue weighted by atomic mass is 19.1. The molecule has 0 bridgehead atoms. The molecule has 0 saturated heterocycles. The number of ether oxygens (including phenoxy) is 1. The van der Waals surface area contributed by atoms with Crippen molar-refractivity contribution in [2.75, 3.05) is 0 Å². The number of carbonyl (C=O) groups is 1. The average Bonchev–Trinajstić information content (AvgIpc) is 2.92. The van der Waals surface area contributed by atoms with Gasteiger partial charge in [0, 0.05) is 25.6 Å². The molecule has 1 amide bonds. The van der Waals surface area contributed by atoms with E-state index >= 15 is 4.39 Å². The highest BCUT2D eigenvalue weighted by Crippen LogP contribution is 2.28. The molecule has 32 heavy (non-hydrogen) atoms. The molecule has 1 aromatic carbocycles. The second-order valence-electron chi connectivity index (χ2n) is 8.70. The molecule has 1 fully saturated rings. The summed E-state index contributed by atoms with van der Waals surface area (Å²) in [5, 5.41) is 7.33. The molecule has 1 N–H and O–H groups in total. The molecule has 0 aliphatic heterocycles. The van der Waals surface area contributed by atoms with E-state index in [1.54, 1.807) is 7.05 Å². The van der Waals surface area contributed by atoms with Gasteiger partial charge in [0.1, 0.15) is 23.1 Å². The summed E-state index contributed by atoms with van der Waals surface area (Å²) in [6.45, 7) is 5.85. The number of carbonyl (C=O) groups excluding carboxylic acids is 1. The first kappa shape index (κ1) is 24.0. The van der Waals surface area contributed by atoms with Gasteiger partial charge >= 0.3 is 5.69 Å². The lowest BCUT2D eigenvalue weighted by Crippen LogP contribution is -2.35. The molecule has 8 heteroatoms. The molecule has 3 rings (SSSR count). The van der Waals surface area contributed by atoms with E-state index in [4.69, 9.17) is 4.74 Å². The predicted octanol–water partition coefficient (Wildman–Crippen LogP) is 4.29. The molecule has 0 radical (unpaired) electrons. The van der Waals surface area contributed by atoms with Gasteiger partial charge < -0.3 is 10.1 Å². The van der Waals surface area contributed by atoms with E-state index in [2.05, 4.69) is 17.3 Å². The Bertz CT molecular complexity index is 990. The largest absolute Gasteiger partial charge is 0.490 e. The molecule has 176 valence electrons. The number of amides is 1. The van der Waals surface area contributed by atoms with Crippen molar-refractivity contribution in [3.05, 3.63) is 39.8 Å². The van der Waals surface area contributed by atoms with E-state index in [1.165, 1.54) is 29.5 Å². The van der Waals surface area contributed by atoms with Crippen LogP contribution in [-0.2, 0) is 13.5 Å². The van der Waals surface area contributed by atoms with E-state index in [0.29, 0.717) is 12.2 Å². The normalized spacial score (nSPS) is 15.9. The molecule has 0 spiro atoms. The number of halogens is 1. The van der Waals surface area contributed by atoms with Crippen molar-refractivity contribution < 1.29 is 13.9 Å². The van der Waals surface area contributed by atoms with E-state index in [9.17, 15) is 9.59 Å². The van der Waals surface area contributed by atoms with Crippen molar-refractivity contribution in [3.8, 4) is 11.4 Å². The summed E-state index contributed by atoms with van der Waals surface area (Å²) in [4.78, 5) is 25.7. The maximum atomic E-state index is 15.2. The van der Waals surface area contributed by atoms with E-state index in [-0.39, 0.29) is 35.1 Å². The number of hydrogen-bond donors (Lipinski definition) is 1. The van der Waals surface area contributed by atoms with Crippen LogP contribution in [-0.4, -0.2) is 32.4 Å². The van der Waals surface area contributed by atoms with E-state index in [1.807, 2.05) is 13.8 Å². The van der Waals surface area contributed by atoms with Crippen molar-refractivity contribution in [2.45, 2.75) is 90.7 Å². The van der Waals surface area contributed by atoms with Gasteiger partial charge in [-0.05, 0) is 32.3 Å². The standard InChI is InChI=1S/C24H35FN4O3/c1-5-11-16(3)32-21-15-20(29-24(31)28(4)22(6-2)27-29)19(25)14-18(21)23(30)26-17-12-9-7-8-10-13-17/h14-17H,5-13H2,1-4H3,(H,26,30)/t16-/m0/s1. The predicted molar refractivity (Wildman–Crippen MR) is 122 cm³/mol. The smallest absolute Gasteiger partial charge is 0.350 e. The molecule has 1 aromatic heterocycles. The number of nitrogens with zero attached hydrogens (tertiary/aromatic N) is 3. The van der Waals surface area contributed by atoms with Gasteiger partial charge in [0.2, 0.25) is 0 Å². The number of benzene rings is 1. The maximum Gasteiger partial charge on any atom is 0.350 e.